The van der Waals surface area contributed by atoms with Crippen LogP contribution >= 0.6 is 0 Å². The monoisotopic (exact) mass is 328 g/mol. The fourth-order valence-electron chi connectivity index (χ4n) is 2.17. The van der Waals surface area contributed by atoms with Crippen LogP contribution in [-0.4, -0.2) is 12.6 Å². The number of allylic oxidation sites excluding steroid dienone is 2. The van der Waals surface area contributed by atoms with Crippen molar-refractivity contribution in [3.05, 3.63) is 89.5 Å². The number of halogens is 2. The molecule has 0 N–H and O–H groups in total. The van der Waals surface area contributed by atoms with Gasteiger partial charge in [-0.1, -0.05) is 42.5 Å². The van der Waals surface area contributed by atoms with E-state index in [1.807, 2.05) is 0 Å². The minimum Gasteiger partial charge on any atom is -0.466 e. The van der Waals surface area contributed by atoms with Crippen LogP contribution in [0.15, 0.2) is 66.8 Å². The standard InChI is InChI=1S/C20H18F2O2/c1-2-24-20(23)6-4-3-5-19(15-7-11-17(21)12-8-15)16-9-13-18(22)14-10-16/h3-5,7-14H,2,6H2,1H3/b4-3-. The van der Waals surface area contributed by atoms with E-state index in [0.29, 0.717) is 6.61 Å². The molecule has 0 aliphatic heterocycles. The Kier molecular flexibility index (Phi) is 6.43. The van der Waals surface area contributed by atoms with E-state index < -0.39 is 0 Å². The molecule has 124 valence electrons. The van der Waals surface area contributed by atoms with E-state index in [0.717, 1.165) is 16.7 Å². The van der Waals surface area contributed by atoms with Gasteiger partial charge in [0.25, 0.3) is 0 Å². The van der Waals surface area contributed by atoms with E-state index in [-0.39, 0.29) is 24.0 Å². The van der Waals surface area contributed by atoms with Crippen LogP contribution in [0.2, 0.25) is 0 Å². The second-order valence-corrected chi connectivity index (χ2v) is 5.03. The summed E-state index contributed by atoms with van der Waals surface area (Å²) >= 11 is 0. The minimum absolute atomic E-state index is 0.171. The molecule has 0 amide bonds. The Bertz CT molecular complexity index is 682. The largest absolute Gasteiger partial charge is 0.466 e. The maximum Gasteiger partial charge on any atom is 0.309 e. The highest BCUT2D eigenvalue weighted by molar-refractivity contribution is 5.81. The zero-order chi connectivity index (χ0) is 17.4. The van der Waals surface area contributed by atoms with Crippen molar-refractivity contribution in [3.8, 4) is 0 Å². The quantitative estimate of drug-likeness (QED) is 0.556. The van der Waals surface area contributed by atoms with Crippen LogP contribution in [0.1, 0.15) is 24.5 Å². The van der Waals surface area contributed by atoms with Crippen molar-refractivity contribution in [2.24, 2.45) is 0 Å². The van der Waals surface area contributed by atoms with Crippen molar-refractivity contribution in [1.82, 2.24) is 0 Å². The molecule has 0 radical (unpaired) electrons. The number of rotatable bonds is 6. The molecule has 0 heterocycles. The fourth-order valence-corrected chi connectivity index (χ4v) is 2.17. The average molecular weight is 328 g/mol. The predicted molar refractivity (Wildman–Crippen MR) is 90.3 cm³/mol. The van der Waals surface area contributed by atoms with Crippen molar-refractivity contribution in [2.45, 2.75) is 13.3 Å². The van der Waals surface area contributed by atoms with E-state index in [9.17, 15) is 13.6 Å². The van der Waals surface area contributed by atoms with Crippen LogP contribution in [0.25, 0.3) is 5.57 Å². The highest BCUT2D eigenvalue weighted by Gasteiger charge is 2.05. The number of ether oxygens (including phenoxy) is 1. The molecule has 4 heteroatoms. The molecule has 0 fully saturated rings. The molecule has 0 saturated heterocycles. The molecule has 2 aromatic rings. The summed E-state index contributed by atoms with van der Waals surface area (Å²) in [6, 6.07) is 12.1. The Hall–Kier alpha value is -2.75. The second kappa shape index (κ2) is 8.77. The Morgan fingerprint density at radius 3 is 1.92 bits per heavy atom. The molecular weight excluding hydrogens is 310 g/mol. The minimum atomic E-state index is -0.324. The third-order valence-electron chi connectivity index (χ3n) is 3.30. The summed E-state index contributed by atoms with van der Waals surface area (Å²) < 4.78 is 31.1. The zero-order valence-corrected chi connectivity index (χ0v) is 13.3. The van der Waals surface area contributed by atoms with Crippen molar-refractivity contribution in [3.63, 3.8) is 0 Å². The smallest absolute Gasteiger partial charge is 0.309 e. The maximum absolute atomic E-state index is 13.1. The molecule has 24 heavy (non-hydrogen) atoms. The second-order valence-electron chi connectivity index (χ2n) is 5.03. The maximum atomic E-state index is 13.1. The molecule has 0 aliphatic rings. The summed E-state index contributed by atoms with van der Waals surface area (Å²) in [7, 11) is 0. The summed E-state index contributed by atoms with van der Waals surface area (Å²) in [4.78, 5) is 11.3. The molecule has 0 saturated carbocycles. The van der Waals surface area contributed by atoms with Gasteiger partial charge in [0.1, 0.15) is 11.6 Å². The van der Waals surface area contributed by atoms with Gasteiger partial charge in [-0.3, -0.25) is 4.79 Å². The van der Waals surface area contributed by atoms with Crippen LogP contribution < -0.4 is 0 Å². The van der Waals surface area contributed by atoms with Gasteiger partial charge in [-0.05, 0) is 47.9 Å². The highest BCUT2D eigenvalue weighted by Crippen LogP contribution is 2.24. The molecule has 0 aromatic heterocycles. The van der Waals surface area contributed by atoms with Crippen molar-refractivity contribution in [1.29, 1.82) is 0 Å². The lowest BCUT2D eigenvalue weighted by molar-refractivity contribution is -0.142. The van der Waals surface area contributed by atoms with Crippen LogP contribution in [0.4, 0.5) is 8.78 Å². The number of esters is 1. The molecule has 0 atom stereocenters. The number of hydrogen-bond donors (Lipinski definition) is 0. The normalized spacial score (nSPS) is 10.6. The first kappa shape index (κ1) is 17.6. The van der Waals surface area contributed by atoms with E-state index >= 15 is 0 Å². The summed E-state index contributed by atoms with van der Waals surface area (Å²) in [6.45, 7) is 2.10. The lowest BCUT2D eigenvalue weighted by Gasteiger charge is -2.08. The van der Waals surface area contributed by atoms with Crippen LogP contribution in [0.3, 0.4) is 0 Å². The van der Waals surface area contributed by atoms with E-state index in [2.05, 4.69) is 0 Å². The SMILES string of the molecule is CCOC(=O)C/C=C\C=C(c1ccc(F)cc1)c1ccc(F)cc1. The van der Waals surface area contributed by atoms with Gasteiger partial charge in [0, 0.05) is 0 Å². The molecule has 2 nitrogen and oxygen atoms in total. The van der Waals surface area contributed by atoms with Crippen molar-refractivity contribution in [2.75, 3.05) is 6.61 Å². The highest BCUT2D eigenvalue weighted by atomic mass is 19.1. The first-order valence-corrected chi connectivity index (χ1v) is 7.64. The van der Waals surface area contributed by atoms with Crippen LogP contribution in [0.5, 0.6) is 0 Å². The van der Waals surface area contributed by atoms with Gasteiger partial charge in [0.2, 0.25) is 0 Å². The fraction of sp³-hybridized carbons (Fsp3) is 0.150. The number of carbonyl (C=O) groups excluding carboxylic acids is 1. The molecule has 0 bridgehead atoms. The zero-order valence-electron chi connectivity index (χ0n) is 13.3. The van der Waals surface area contributed by atoms with Gasteiger partial charge in [-0.2, -0.15) is 0 Å². The Labute approximate surface area is 140 Å². The number of hydrogen-bond acceptors (Lipinski definition) is 2. The Morgan fingerprint density at radius 1 is 0.958 bits per heavy atom. The molecule has 2 rings (SSSR count). The number of carbonyl (C=O) groups is 1. The molecule has 0 spiro atoms. The molecule has 0 aliphatic carbocycles. The molecule has 0 unspecified atom stereocenters. The number of benzene rings is 2. The van der Waals surface area contributed by atoms with Gasteiger partial charge < -0.3 is 4.74 Å². The third-order valence-corrected chi connectivity index (χ3v) is 3.30. The van der Waals surface area contributed by atoms with Crippen molar-refractivity contribution < 1.29 is 18.3 Å². The first-order chi connectivity index (χ1) is 11.6. The Morgan fingerprint density at radius 2 is 1.46 bits per heavy atom. The van der Waals surface area contributed by atoms with E-state index in [1.165, 1.54) is 24.3 Å². The molecule has 2 aromatic carbocycles. The van der Waals surface area contributed by atoms with Crippen LogP contribution in [-0.2, 0) is 9.53 Å². The van der Waals surface area contributed by atoms with Gasteiger partial charge >= 0.3 is 5.97 Å². The Balaban J connectivity index is 2.27. The van der Waals surface area contributed by atoms with E-state index in [1.54, 1.807) is 49.4 Å². The summed E-state index contributed by atoms with van der Waals surface area (Å²) in [6.07, 6.45) is 5.40. The average Bonchev–Trinajstić information content (AvgIpc) is 2.57. The predicted octanol–water partition coefficient (Wildman–Crippen LogP) is 4.91. The van der Waals surface area contributed by atoms with Crippen molar-refractivity contribution >= 4 is 11.5 Å². The summed E-state index contributed by atoms with van der Waals surface area (Å²) in [5.74, 6) is -0.947. The van der Waals surface area contributed by atoms with Gasteiger partial charge in [0.05, 0.1) is 13.0 Å². The van der Waals surface area contributed by atoms with Crippen LogP contribution in [0, 0.1) is 11.6 Å². The van der Waals surface area contributed by atoms with Gasteiger partial charge in [-0.25, -0.2) is 8.78 Å². The summed E-state index contributed by atoms with van der Waals surface area (Å²) in [5.41, 5.74) is 2.39. The molecular formula is C20H18F2O2. The first-order valence-electron chi connectivity index (χ1n) is 7.64. The third kappa shape index (κ3) is 5.16. The van der Waals surface area contributed by atoms with E-state index in [4.69, 9.17) is 4.74 Å². The van der Waals surface area contributed by atoms with Gasteiger partial charge in [0.15, 0.2) is 0 Å². The summed E-state index contributed by atoms with van der Waals surface area (Å²) in [5, 5.41) is 0. The van der Waals surface area contributed by atoms with Gasteiger partial charge in [-0.15, -0.1) is 0 Å². The lowest BCUT2D eigenvalue weighted by atomic mass is 9.97. The lowest BCUT2D eigenvalue weighted by Crippen LogP contribution is -2.01. The topological polar surface area (TPSA) is 26.3 Å².